The van der Waals surface area contributed by atoms with Crippen molar-refractivity contribution >= 4 is 29.0 Å². The SMILES string of the molecule is Cc1cccc(NC(=O)C2CCCN(C(=O)c3cnc(C(C)(C)C)s3)C2)n1. The van der Waals surface area contributed by atoms with Crippen LogP contribution in [0.4, 0.5) is 5.82 Å². The number of aromatic nitrogens is 2. The van der Waals surface area contributed by atoms with Crippen LogP contribution in [0.15, 0.2) is 24.4 Å². The molecule has 1 fully saturated rings. The van der Waals surface area contributed by atoms with Gasteiger partial charge >= 0.3 is 0 Å². The summed E-state index contributed by atoms with van der Waals surface area (Å²) in [4.78, 5) is 36.6. The molecule has 1 unspecified atom stereocenters. The van der Waals surface area contributed by atoms with Crippen LogP contribution in [0.25, 0.3) is 0 Å². The molecular formula is C20H26N4O2S. The van der Waals surface area contributed by atoms with Gasteiger partial charge in [0, 0.05) is 24.2 Å². The number of thiazole rings is 1. The van der Waals surface area contributed by atoms with E-state index >= 15 is 0 Å². The normalized spacial score (nSPS) is 17.6. The topological polar surface area (TPSA) is 75.2 Å². The van der Waals surface area contributed by atoms with Crippen LogP contribution in [0.5, 0.6) is 0 Å². The summed E-state index contributed by atoms with van der Waals surface area (Å²) in [7, 11) is 0. The lowest BCUT2D eigenvalue weighted by Gasteiger charge is -2.31. The third-order valence-electron chi connectivity index (χ3n) is 4.58. The average Bonchev–Trinajstić information content (AvgIpc) is 3.12. The Morgan fingerprint density at radius 3 is 2.74 bits per heavy atom. The van der Waals surface area contributed by atoms with Crippen molar-refractivity contribution in [1.29, 1.82) is 0 Å². The van der Waals surface area contributed by atoms with E-state index < -0.39 is 0 Å². The van der Waals surface area contributed by atoms with E-state index in [4.69, 9.17) is 0 Å². The Labute approximate surface area is 164 Å². The van der Waals surface area contributed by atoms with Crippen molar-refractivity contribution < 1.29 is 9.59 Å². The Hall–Kier alpha value is -2.28. The third kappa shape index (κ3) is 4.71. The number of nitrogens with zero attached hydrogens (tertiary/aromatic N) is 3. The van der Waals surface area contributed by atoms with E-state index in [1.807, 2.05) is 19.1 Å². The van der Waals surface area contributed by atoms with Gasteiger partial charge in [0.2, 0.25) is 5.91 Å². The number of nitrogens with one attached hydrogen (secondary N) is 1. The third-order valence-corrected chi connectivity index (χ3v) is 5.99. The van der Waals surface area contributed by atoms with E-state index in [-0.39, 0.29) is 23.1 Å². The van der Waals surface area contributed by atoms with Gasteiger partial charge in [0.15, 0.2) is 0 Å². The Morgan fingerprint density at radius 1 is 1.30 bits per heavy atom. The molecule has 0 spiro atoms. The van der Waals surface area contributed by atoms with E-state index in [0.29, 0.717) is 23.8 Å². The molecule has 3 heterocycles. The van der Waals surface area contributed by atoms with E-state index in [1.165, 1.54) is 11.3 Å². The molecule has 2 amide bonds. The molecule has 144 valence electrons. The number of anilines is 1. The van der Waals surface area contributed by atoms with Crippen molar-refractivity contribution in [1.82, 2.24) is 14.9 Å². The van der Waals surface area contributed by atoms with Crippen LogP contribution < -0.4 is 5.32 Å². The summed E-state index contributed by atoms with van der Waals surface area (Å²) < 4.78 is 0. The Balaban J connectivity index is 1.65. The van der Waals surface area contributed by atoms with E-state index in [9.17, 15) is 9.59 Å². The second-order valence-corrected chi connectivity index (χ2v) is 9.05. The highest BCUT2D eigenvalue weighted by molar-refractivity contribution is 7.13. The first-order valence-electron chi connectivity index (χ1n) is 9.24. The van der Waals surface area contributed by atoms with Gasteiger partial charge in [-0.2, -0.15) is 0 Å². The number of amides is 2. The molecule has 6 nitrogen and oxygen atoms in total. The molecule has 0 bridgehead atoms. The zero-order valence-corrected chi connectivity index (χ0v) is 17.1. The maximum absolute atomic E-state index is 12.9. The molecule has 3 rings (SSSR count). The van der Waals surface area contributed by atoms with Crippen LogP contribution in [0, 0.1) is 12.8 Å². The monoisotopic (exact) mass is 386 g/mol. The van der Waals surface area contributed by atoms with Crippen LogP contribution in [-0.4, -0.2) is 39.8 Å². The Kier molecular flexibility index (Phi) is 5.60. The van der Waals surface area contributed by atoms with Crippen LogP contribution >= 0.6 is 11.3 Å². The van der Waals surface area contributed by atoms with Gasteiger partial charge in [-0.3, -0.25) is 9.59 Å². The van der Waals surface area contributed by atoms with Crippen LogP contribution in [0.3, 0.4) is 0 Å². The largest absolute Gasteiger partial charge is 0.337 e. The van der Waals surface area contributed by atoms with Gasteiger partial charge in [-0.1, -0.05) is 26.8 Å². The summed E-state index contributed by atoms with van der Waals surface area (Å²) in [6.07, 6.45) is 3.25. The first-order valence-corrected chi connectivity index (χ1v) is 10.1. The number of likely N-dealkylation sites (tertiary alicyclic amines) is 1. The van der Waals surface area contributed by atoms with Gasteiger partial charge in [0.05, 0.1) is 17.1 Å². The van der Waals surface area contributed by atoms with Crippen LogP contribution in [0.2, 0.25) is 0 Å². The summed E-state index contributed by atoms with van der Waals surface area (Å²) in [6, 6.07) is 5.53. The van der Waals surface area contributed by atoms with Crippen molar-refractivity contribution in [3.63, 3.8) is 0 Å². The number of hydrogen-bond acceptors (Lipinski definition) is 5. The minimum absolute atomic E-state index is 0.0332. The smallest absolute Gasteiger partial charge is 0.265 e. The minimum atomic E-state index is -0.222. The van der Waals surface area contributed by atoms with Crippen LogP contribution in [-0.2, 0) is 10.2 Å². The zero-order chi connectivity index (χ0) is 19.6. The second-order valence-electron chi connectivity index (χ2n) is 8.02. The summed E-state index contributed by atoms with van der Waals surface area (Å²) in [6.45, 7) is 9.24. The highest BCUT2D eigenvalue weighted by atomic mass is 32.1. The fourth-order valence-corrected chi connectivity index (χ4v) is 4.03. The van der Waals surface area contributed by atoms with Crippen LogP contribution in [0.1, 0.15) is 54.0 Å². The number of piperidine rings is 1. The molecule has 2 aromatic heterocycles. The molecule has 1 saturated heterocycles. The van der Waals surface area contributed by atoms with Crippen molar-refractivity contribution in [2.45, 2.75) is 46.0 Å². The maximum Gasteiger partial charge on any atom is 0.265 e. The van der Waals surface area contributed by atoms with E-state index in [1.54, 1.807) is 17.2 Å². The number of hydrogen-bond donors (Lipinski definition) is 1. The lowest BCUT2D eigenvalue weighted by Crippen LogP contribution is -2.43. The highest BCUT2D eigenvalue weighted by Gasteiger charge is 2.30. The molecule has 0 aromatic carbocycles. The zero-order valence-electron chi connectivity index (χ0n) is 16.3. The van der Waals surface area contributed by atoms with Crippen molar-refractivity contribution in [2.75, 3.05) is 18.4 Å². The number of aryl methyl sites for hydroxylation is 1. The molecule has 1 atom stereocenters. The number of pyridine rings is 1. The molecule has 0 aliphatic carbocycles. The first-order chi connectivity index (χ1) is 12.7. The van der Waals surface area contributed by atoms with Gasteiger partial charge in [-0.25, -0.2) is 9.97 Å². The van der Waals surface area contributed by atoms with Gasteiger partial charge in [-0.05, 0) is 31.9 Å². The fourth-order valence-electron chi connectivity index (χ4n) is 3.09. The van der Waals surface area contributed by atoms with E-state index in [2.05, 4.69) is 36.1 Å². The molecular weight excluding hydrogens is 360 g/mol. The second kappa shape index (κ2) is 7.76. The Bertz CT molecular complexity index is 841. The van der Waals surface area contributed by atoms with Gasteiger partial charge in [-0.15, -0.1) is 11.3 Å². The van der Waals surface area contributed by atoms with Gasteiger partial charge < -0.3 is 10.2 Å². The fraction of sp³-hybridized carbons (Fsp3) is 0.500. The van der Waals surface area contributed by atoms with Crippen molar-refractivity contribution in [2.24, 2.45) is 5.92 Å². The van der Waals surface area contributed by atoms with Gasteiger partial charge in [0.25, 0.3) is 5.91 Å². The summed E-state index contributed by atoms with van der Waals surface area (Å²) in [5.74, 6) is 0.222. The molecule has 7 heteroatoms. The molecule has 1 N–H and O–H groups in total. The standard InChI is InChI=1S/C20H26N4O2S/c1-13-7-5-9-16(22-13)23-17(25)14-8-6-10-24(12-14)18(26)15-11-21-19(27-15)20(2,3)4/h5,7,9,11,14H,6,8,10,12H2,1-4H3,(H,22,23,25). The first kappa shape index (κ1) is 19.5. The average molecular weight is 387 g/mol. The number of rotatable bonds is 3. The highest BCUT2D eigenvalue weighted by Crippen LogP contribution is 2.28. The molecule has 0 saturated carbocycles. The minimum Gasteiger partial charge on any atom is -0.337 e. The van der Waals surface area contributed by atoms with E-state index in [0.717, 1.165) is 23.5 Å². The van der Waals surface area contributed by atoms with Gasteiger partial charge in [0.1, 0.15) is 10.7 Å². The predicted molar refractivity (Wildman–Crippen MR) is 107 cm³/mol. The van der Waals surface area contributed by atoms with Crippen molar-refractivity contribution in [3.8, 4) is 0 Å². The molecule has 0 radical (unpaired) electrons. The summed E-state index contributed by atoms with van der Waals surface area (Å²) >= 11 is 1.44. The number of carbonyl (C=O) groups excluding carboxylic acids is 2. The molecule has 2 aromatic rings. The molecule has 1 aliphatic heterocycles. The summed E-state index contributed by atoms with van der Waals surface area (Å²) in [5.41, 5.74) is 0.780. The molecule has 27 heavy (non-hydrogen) atoms. The molecule has 1 aliphatic rings. The van der Waals surface area contributed by atoms with Crippen molar-refractivity contribution in [3.05, 3.63) is 40.0 Å². The predicted octanol–water partition coefficient (Wildman–Crippen LogP) is 3.63. The maximum atomic E-state index is 12.9. The summed E-state index contributed by atoms with van der Waals surface area (Å²) in [5, 5.41) is 3.82. The Morgan fingerprint density at radius 2 is 2.07 bits per heavy atom. The lowest BCUT2D eigenvalue weighted by molar-refractivity contribution is -0.121. The quantitative estimate of drug-likeness (QED) is 0.874. The lowest BCUT2D eigenvalue weighted by atomic mass is 9.97. The number of carbonyl (C=O) groups is 2.